The van der Waals surface area contributed by atoms with E-state index < -0.39 is 4.92 Å². The fraction of sp³-hybridized carbons (Fsp3) is 0.250. The van der Waals surface area contributed by atoms with Gasteiger partial charge >= 0.3 is 0 Å². The molecule has 2 aromatic rings. The van der Waals surface area contributed by atoms with Crippen molar-refractivity contribution in [3.8, 4) is 11.6 Å². The number of hydrogen-bond acceptors (Lipinski definition) is 5. The van der Waals surface area contributed by atoms with Crippen LogP contribution in [-0.4, -0.2) is 19.8 Å². The molecule has 20 heavy (non-hydrogen) atoms. The van der Waals surface area contributed by atoms with Gasteiger partial charge in [0.05, 0.1) is 22.8 Å². The molecule has 0 aliphatic heterocycles. The number of rotatable bonds is 4. The maximum Gasteiger partial charge on any atom is 0.288 e. The van der Waals surface area contributed by atoms with Crippen molar-refractivity contribution >= 4 is 17.3 Å². The van der Waals surface area contributed by atoms with Crippen molar-refractivity contribution in [3.05, 3.63) is 44.6 Å². The molecule has 0 bridgehead atoms. The van der Waals surface area contributed by atoms with Gasteiger partial charge in [-0.15, -0.1) is 0 Å². The first-order chi connectivity index (χ1) is 9.43. The molecule has 0 unspecified atom stereocenters. The summed E-state index contributed by atoms with van der Waals surface area (Å²) >= 11 is 5.82. The van der Waals surface area contributed by atoms with Crippen molar-refractivity contribution in [3.63, 3.8) is 0 Å². The number of ether oxygens (including phenoxy) is 1. The van der Waals surface area contributed by atoms with E-state index in [0.29, 0.717) is 22.9 Å². The SMILES string of the molecule is Cc1nn(C)c(Oc2ccc([N+](=O)[O-])c(Cl)c2)c1CO. The predicted molar refractivity (Wildman–Crippen MR) is 72.0 cm³/mol. The summed E-state index contributed by atoms with van der Waals surface area (Å²) in [6.45, 7) is 1.54. The smallest absolute Gasteiger partial charge is 0.288 e. The lowest BCUT2D eigenvalue weighted by atomic mass is 10.2. The third-order valence-corrected chi connectivity index (χ3v) is 3.08. The van der Waals surface area contributed by atoms with Crippen molar-refractivity contribution in [2.45, 2.75) is 13.5 Å². The molecule has 1 aromatic heterocycles. The summed E-state index contributed by atoms with van der Waals surface area (Å²) in [5.41, 5.74) is 1.02. The molecule has 0 saturated heterocycles. The molecule has 1 aromatic carbocycles. The van der Waals surface area contributed by atoms with Crippen molar-refractivity contribution in [2.75, 3.05) is 0 Å². The average molecular weight is 298 g/mol. The number of aromatic nitrogens is 2. The molecular weight excluding hydrogens is 286 g/mol. The minimum Gasteiger partial charge on any atom is -0.439 e. The normalized spacial score (nSPS) is 10.6. The summed E-state index contributed by atoms with van der Waals surface area (Å²) in [5, 5.41) is 24.1. The Kier molecular flexibility index (Phi) is 3.91. The van der Waals surface area contributed by atoms with E-state index in [4.69, 9.17) is 16.3 Å². The van der Waals surface area contributed by atoms with Crippen molar-refractivity contribution in [1.82, 2.24) is 9.78 Å². The molecule has 0 spiro atoms. The van der Waals surface area contributed by atoms with Crippen molar-refractivity contribution < 1.29 is 14.8 Å². The highest BCUT2D eigenvalue weighted by Gasteiger charge is 2.17. The number of hydrogen-bond donors (Lipinski definition) is 1. The van der Waals surface area contributed by atoms with E-state index in [2.05, 4.69) is 5.10 Å². The molecule has 7 nitrogen and oxygen atoms in total. The maximum absolute atomic E-state index is 10.7. The van der Waals surface area contributed by atoms with Gasteiger partial charge in [0, 0.05) is 19.2 Å². The summed E-state index contributed by atoms with van der Waals surface area (Å²) < 4.78 is 7.08. The Balaban J connectivity index is 2.36. The predicted octanol–water partition coefficient (Wildman–Crippen LogP) is 2.57. The average Bonchev–Trinajstić information content (AvgIpc) is 2.63. The van der Waals surface area contributed by atoms with Crippen LogP contribution >= 0.6 is 11.6 Å². The highest BCUT2D eigenvalue weighted by atomic mass is 35.5. The zero-order valence-corrected chi connectivity index (χ0v) is 11.6. The van der Waals surface area contributed by atoms with Crippen LogP contribution in [0.4, 0.5) is 5.69 Å². The largest absolute Gasteiger partial charge is 0.439 e. The zero-order chi connectivity index (χ0) is 14.9. The van der Waals surface area contributed by atoms with Gasteiger partial charge in [0.25, 0.3) is 5.69 Å². The summed E-state index contributed by atoms with van der Waals surface area (Å²) in [6.07, 6.45) is 0. The monoisotopic (exact) mass is 297 g/mol. The number of halogens is 1. The second-order valence-corrected chi connectivity index (χ2v) is 4.53. The number of nitro benzene ring substituents is 1. The molecule has 0 radical (unpaired) electrons. The standard InChI is InChI=1S/C12H12ClN3O4/c1-7-9(6-17)12(15(2)14-7)20-8-3-4-11(16(18)19)10(13)5-8/h3-5,17H,6H2,1-2H3. The van der Waals surface area contributed by atoms with Crippen LogP contribution in [0.15, 0.2) is 18.2 Å². The molecule has 0 atom stereocenters. The minimum atomic E-state index is -0.570. The fourth-order valence-electron chi connectivity index (χ4n) is 1.80. The molecular formula is C12H12ClN3O4. The van der Waals surface area contributed by atoms with Crippen LogP contribution in [0.2, 0.25) is 5.02 Å². The molecule has 0 saturated carbocycles. The number of nitrogens with zero attached hydrogens (tertiary/aromatic N) is 3. The molecule has 0 amide bonds. The van der Waals surface area contributed by atoms with Crippen molar-refractivity contribution in [1.29, 1.82) is 0 Å². The van der Waals surface area contributed by atoms with Crippen molar-refractivity contribution in [2.24, 2.45) is 7.05 Å². The Bertz CT molecular complexity index is 669. The number of aliphatic hydroxyl groups excluding tert-OH is 1. The van der Waals surface area contributed by atoms with Gasteiger partial charge in [-0.05, 0) is 13.0 Å². The van der Waals surface area contributed by atoms with Gasteiger partial charge in [0.1, 0.15) is 10.8 Å². The first kappa shape index (κ1) is 14.3. The molecule has 0 aliphatic carbocycles. The molecule has 1 heterocycles. The van der Waals surface area contributed by atoms with E-state index in [1.165, 1.54) is 22.9 Å². The second kappa shape index (κ2) is 5.48. The third-order valence-electron chi connectivity index (χ3n) is 2.78. The molecule has 0 fully saturated rings. The zero-order valence-electron chi connectivity index (χ0n) is 10.8. The van der Waals surface area contributed by atoms with Gasteiger partial charge in [-0.2, -0.15) is 5.10 Å². The van der Waals surface area contributed by atoms with E-state index in [-0.39, 0.29) is 17.3 Å². The Hall–Kier alpha value is -2.12. The Morgan fingerprint density at radius 2 is 2.25 bits per heavy atom. The number of nitro groups is 1. The lowest BCUT2D eigenvalue weighted by Crippen LogP contribution is -1.97. The molecule has 0 aliphatic rings. The molecule has 1 N–H and O–H groups in total. The van der Waals surface area contributed by atoms with Crippen LogP contribution in [0, 0.1) is 17.0 Å². The van der Waals surface area contributed by atoms with Crippen LogP contribution in [0.25, 0.3) is 0 Å². The van der Waals surface area contributed by atoms with Gasteiger partial charge < -0.3 is 9.84 Å². The first-order valence-electron chi connectivity index (χ1n) is 5.69. The minimum absolute atomic E-state index is 0.0167. The number of aliphatic hydroxyl groups is 1. The van der Waals surface area contributed by atoms with Crippen LogP contribution in [0.3, 0.4) is 0 Å². The van der Waals surface area contributed by atoms with E-state index in [9.17, 15) is 15.2 Å². The van der Waals surface area contributed by atoms with Crippen LogP contribution in [0.1, 0.15) is 11.3 Å². The summed E-state index contributed by atoms with van der Waals surface area (Å²) in [4.78, 5) is 10.1. The quantitative estimate of drug-likeness (QED) is 0.692. The van der Waals surface area contributed by atoms with Gasteiger partial charge in [0.15, 0.2) is 0 Å². The summed E-state index contributed by atoms with van der Waals surface area (Å²) in [7, 11) is 1.68. The lowest BCUT2D eigenvalue weighted by Gasteiger charge is -2.08. The topological polar surface area (TPSA) is 90.4 Å². The maximum atomic E-state index is 10.7. The highest BCUT2D eigenvalue weighted by Crippen LogP contribution is 2.32. The van der Waals surface area contributed by atoms with Crippen LogP contribution in [0.5, 0.6) is 11.6 Å². The Morgan fingerprint density at radius 3 is 2.80 bits per heavy atom. The van der Waals surface area contributed by atoms with E-state index in [1.54, 1.807) is 14.0 Å². The highest BCUT2D eigenvalue weighted by molar-refractivity contribution is 6.32. The van der Waals surface area contributed by atoms with Gasteiger partial charge in [0.2, 0.25) is 5.88 Å². The van der Waals surface area contributed by atoms with Gasteiger partial charge in [-0.1, -0.05) is 11.6 Å². The number of aryl methyl sites for hydroxylation is 2. The molecule has 8 heteroatoms. The fourth-order valence-corrected chi connectivity index (χ4v) is 2.04. The van der Waals surface area contributed by atoms with Crippen LogP contribution < -0.4 is 4.74 Å². The Labute approximate surface area is 119 Å². The number of benzene rings is 1. The van der Waals surface area contributed by atoms with E-state index in [0.717, 1.165) is 0 Å². The molecule has 2 rings (SSSR count). The third kappa shape index (κ3) is 2.59. The first-order valence-corrected chi connectivity index (χ1v) is 6.07. The lowest BCUT2D eigenvalue weighted by molar-refractivity contribution is -0.384. The summed E-state index contributed by atoms with van der Waals surface area (Å²) in [5.74, 6) is 0.702. The van der Waals surface area contributed by atoms with E-state index >= 15 is 0 Å². The van der Waals surface area contributed by atoms with Gasteiger partial charge in [-0.25, -0.2) is 4.68 Å². The Morgan fingerprint density at radius 1 is 1.55 bits per heavy atom. The van der Waals surface area contributed by atoms with Gasteiger partial charge in [-0.3, -0.25) is 10.1 Å². The molecule has 106 valence electrons. The van der Waals surface area contributed by atoms with Crippen LogP contribution in [-0.2, 0) is 13.7 Å². The summed E-state index contributed by atoms with van der Waals surface area (Å²) in [6, 6.07) is 4.05. The van der Waals surface area contributed by atoms with E-state index in [1.807, 2.05) is 0 Å². The second-order valence-electron chi connectivity index (χ2n) is 4.12.